The zero-order valence-corrected chi connectivity index (χ0v) is 11.1. The summed E-state index contributed by atoms with van der Waals surface area (Å²) in [6, 6.07) is 5.09. The van der Waals surface area contributed by atoms with Crippen molar-refractivity contribution in [3.05, 3.63) is 23.8 Å². The molecule has 0 aliphatic carbocycles. The van der Waals surface area contributed by atoms with Crippen LogP contribution in [-0.4, -0.2) is 45.2 Å². The van der Waals surface area contributed by atoms with Crippen LogP contribution in [0.3, 0.4) is 0 Å². The monoisotopic (exact) mass is 252 g/mol. The summed E-state index contributed by atoms with van der Waals surface area (Å²) in [5.74, 6) is 0.0721. The molecular weight excluding hydrogens is 232 g/mol. The average Bonchev–Trinajstić information content (AvgIpc) is 2.35. The number of hydrogen-bond acceptors (Lipinski definition) is 5. The highest BCUT2D eigenvalue weighted by atomic mass is 16.5. The second kappa shape index (κ2) is 6.86. The van der Waals surface area contributed by atoms with E-state index >= 15 is 0 Å². The zero-order valence-electron chi connectivity index (χ0n) is 11.1. The molecular formula is C13H20N2O3. The lowest BCUT2D eigenvalue weighted by Crippen LogP contribution is -2.16. The van der Waals surface area contributed by atoms with E-state index in [9.17, 15) is 4.79 Å². The summed E-state index contributed by atoms with van der Waals surface area (Å²) >= 11 is 0. The number of carbonyl (C=O) groups excluding carboxylic acids is 1. The fraction of sp³-hybridized carbons (Fsp3) is 0.462. The topological polar surface area (TPSA) is 64.8 Å². The molecule has 0 spiro atoms. The number of nitrogen functional groups attached to an aromatic ring is 1. The van der Waals surface area contributed by atoms with E-state index in [1.807, 2.05) is 14.1 Å². The maximum Gasteiger partial charge on any atom is 0.340 e. The predicted octanol–water partition coefficient (Wildman–Crippen LogP) is 1.39. The minimum absolute atomic E-state index is 0.328. The van der Waals surface area contributed by atoms with E-state index in [1.54, 1.807) is 18.2 Å². The fourth-order valence-electron chi connectivity index (χ4n) is 1.52. The lowest BCUT2D eigenvalue weighted by atomic mass is 10.1. The Morgan fingerprint density at radius 1 is 1.39 bits per heavy atom. The van der Waals surface area contributed by atoms with E-state index in [0.717, 1.165) is 13.0 Å². The first-order chi connectivity index (χ1) is 8.56. The molecule has 0 amide bonds. The summed E-state index contributed by atoms with van der Waals surface area (Å²) in [5.41, 5.74) is 6.53. The van der Waals surface area contributed by atoms with Gasteiger partial charge < -0.3 is 20.1 Å². The first-order valence-electron chi connectivity index (χ1n) is 5.80. The molecule has 18 heavy (non-hydrogen) atoms. The Kier molecular flexibility index (Phi) is 5.45. The number of rotatable bonds is 6. The van der Waals surface area contributed by atoms with Gasteiger partial charge in [0.25, 0.3) is 0 Å². The number of hydrogen-bond donors (Lipinski definition) is 1. The Bertz CT molecular complexity index is 405. The van der Waals surface area contributed by atoms with Crippen molar-refractivity contribution in [3.63, 3.8) is 0 Å². The number of benzene rings is 1. The molecule has 5 nitrogen and oxygen atoms in total. The number of ether oxygens (including phenoxy) is 2. The molecule has 1 aromatic rings. The maximum absolute atomic E-state index is 11.4. The smallest absolute Gasteiger partial charge is 0.340 e. The van der Waals surface area contributed by atoms with E-state index in [2.05, 4.69) is 9.64 Å². The number of methoxy groups -OCH3 is 1. The molecule has 0 aliphatic heterocycles. The van der Waals surface area contributed by atoms with Gasteiger partial charge in [-0.15, -0.1) is 0 Å². The molecule has 0 bridgehead atoms. The molecule has 0 aliphatic rings. The third-order valence-corrected chi connectivity index (χ3v) is 2.48. The molecule has 0 unspecified atom stereocenters. The second-order valence-corrected chi connectivity index (χ2v) is 4.21. The van der Waals surface area contributed by atoms with Gasteiger partial charge in [0.05, 0.1) is 25.0 Å². The van der Waals surface area contributed by atoms with E-state index in [-0.39, 0.29) is 0 Å². The van der Waals surface area contributed by atoms with Crippen LogP contribution < -0.4 is 10.5 Å². The first-order valence-corrected chi connectivity index (χ1v) is 5.80. The van der Waals surface area contributed by atoms with Crippen molar-refractivity contribution < 1.29 is 14.3 Å². The van der Waals surface area contributed by atoms with Gasteiger partial charge in [0.15, 0.2) is 0 Å². The van der Waals surface area contributed by atoms with E-state index in [0.29, 0.717) is 23.6 Å². The van der Waals surface area contributed by atoms with Crippen LogP contribution in [0, 0.1) is 0 Å². The van der Waals surface area contributed by atoms with Crippen molar-refractivity contribution in [3.8, 4) is 5.75 Å². The molecule has 0 fully saturated rings. The first kappa shape index (κ1) is 14.3. The van der Waals surface area contributed by atoms with Crippen molar-refractivity contribution in [2.45, 2.75) is 6.42 Å². The second-order valence-electron chi connectivity index (χ2n) is 4.21. The number of nitrogens with two attached hydrogens (primary N) is 1. The predicted molar refractivity (Wildman–Crippen MR) is 70.9 cm³/mol. The van der Waals surface area contributed by atoms with Gasteiger partial charge in [-0.2, -0.15) is 0 Å². The van der Waals surface area contributed by atoms with Gasteiger partial charge in [-0.3, -0.25) is 0 Å². The van der Waals surface area contributed by atoms with Gasteiger partial charge in [-0.1, -0.05) is 6.07 Å². The Morgan fingerprint density at radius 3 is 2.72 bits per heavy atom. The number of anilines is 1. The van der Waals surface area contributed by atoms with Crippen LogP contribution in [0.5, 0.6) is 5.75 Å². The fourth-order valence-corrected chi connectivity index (χ4v) is 1.52. The summed E-state index contributed by atoms with van der Waals surface area (Å²) in [7, 11) is 5.34. The SMILES string of the molecule is COC(=O)c1cccc(OCCCN(C)C)c1N. The molecule has 0 radical (unpaired) electrons. The third kappa shape index (κ3) is 3.92. The van der Waals surface area contributed by atoms with Gasteiger partial charge in [-0.25, -0.2) is 4.79 Å². The number of carbonyl (C=O) groups is 1. The maximum atomic E-state index is 11.4. The minimum atomic E-state index is -0.453. The number of para-hydroxylation sites is 1. The lowest BCUT2D eigenvalue weighted by Gasteiger charge is -2.13. The number of nitrogens with zero attached hydrogens (tertiary/aromatic N) is 1. The average molecular weight is 252 g/mol. The van der Waals surface area contributed by atoms with Crippen molar-refractivity contribution in [1.29, 1.82) is 0 Å². The molecule has 0 saturated heterocycles. The van der Waals surface area contributed by atoms with Crippen LogP contribution in [0.2, 0.25) is 0 Å². The normalized spacial score (nSPS) is 10.4. The van der Waals surface area contributed by atoms with E-state index in [1.165, 1.54) is 7.11 Å². The highest BCUT2D eigenvalue weighted by molar-refractivity contribution is 5.96. The minimum Gasteiger partial charge on any atom is -0.491 e. The summed E-state index contributed by atoms with van der Waals surface area (Å²) in [6.45, 7) is 1.50. The lowest BCUT2D eigenvalue weighted by molar-refractivity contribution is 0.0601. The van der Waals surface area contributed by atoms with Crippen LogP contribution in [0.1, 0.15) is 16.8 Å². The van der Waals surface area contributed by atoms with Gasteiger partial charge in [0.2, 0.25) is 0 Å². The molecule has 0 aromatic heterocycles. The summed E-state index contributed by atoms with van der Waals surface area (Å²) < 4.78 is 10.2. The van der Waals surface area contributed by atoms with Gasteiger partial charge >= 0.3 is 5.97 Å². The highest BCUT2D eigenvalue weighted by Crippen LogP contribution is 2.25. The van der Waals surface area contributed by atoms with E-state index in [4.69, 9.17) is 10.5 Å². The Balaban J connectivity index is 2.64. The van der Waals surface area contributed by atoms with Crippen LogP contribution >= 0.6 is 0 Å². The molecule has 0 saturated carbocycles. The van der Waals surface area contributed by atoms with Crippen molar-refractivity contribution in [1.82, 2.24) is 4.90 Å². The number of esters is 1. The largest absolute Gasteiger partial charge is 0.491 e. The van der Waals surface area contributed by atoms with Crippen molar-refractivity contribution >= 4 is 11.7 Å². The Morgan fingerprint density at radius 2 is 2.11 bits per heavy atom. The van der Waals surface area contributed by atoms with Gasteiger partial charge in [0, 0.05) is 6.54 Å². The Labute approximate surface area is 107 Å². The van der Waals surface area contributed by atoms with Crippen LogP contribution in [0.4, 0.5) is 5.69 Å². The summed E-state index contributed by atoms with van der Waals surface area (Å²) in [5, 5.41) is 0. The molecule has 2 N–H and O–H groups in total. The van der Waals surface area contributed by atoms with Crippen molar-refractivity contribution in [2.24, 2.45) is 0 Å². The van der Waals surface area contributed by atoms with Gasteiger partial charge in [-0.05, 0) is 32.6 Å². The Hall–Kier alpha value is -1.75. The molecule has 1 rings (SSSR count). The highest BCUT2D eigenvalue weighted by Gasteiger charge is 2.13. The van der Waals surface area contributed by atoms with Crippen molar-refractivity contribution in [2.75, 3.05) is 40.1 Å². The quantitative estimate of drug-likeness (QED) is 0.471. The standard InChI is InChI=1S/C13H20N2O3/c1-15(2)8-5-9-18-11-7-4-6-10(12(11)14)13(16)17-3/h4,6-7H,5,8-9,14H2,1-3H3. The third-order valence-electron chi connectivity index (χ3n) is 2.48. The molecule has 0 heterocycles. The molecule has 100 valence electrons. The zero-order chi connectivity index (χ0) is 13.5. The van der Waals surface area contributed by atoms with E-state index < -0.39 is 5.97 Å². The van der Waals surface area contributed by atoms with Crippen LogP contribution in [0.25, 0.3) is 0 Å². The summed E-state index contributed by atoms with van der Waals surface area (Å²) in [6.07, 6.45) is 0.898. The van der Waals surface area contributed by atoms with Crippen LogP contribution in [0.15, 0.2) is 18.2 Å². The molecule has 0 atom stereocenters. The van der Waals surface area contributed by atoms with Crippen LogP contribution in [-0.2, 0) is 4.74 Å². The molecule has 1 aromatic carbocycles. The van der Waals surface area contributed by atoms with Gasteiger partial charge in [0.1, 0.15) is 5.75 Å². The summed E-state index contributed by atoms with van der Waals surface area (Å²) in [4.78, 5) is 13.5. The molecule has 5 heteroatoms.